The Kier molecular flexibility index (Phi) is 7.00. The normalized spacial score (nSPS) is 18.8. The molecule has 6 heteroatoms. The maximum absolute atomic E-state index is 12.3. The zero-order valence-electron chi connectivity index (χ0n) is 15.5. The SMILES string of the molecule is O=C(CCC(=O)N1CCN(CCc2ccncc2)CC1)NC1CCCC1. The third-order valence-corrected chi connectivity index (χ3v) is 5.48. The third-order valence-electron chi connectivity index (χ3n) is 5.48. The minimum absolute atomic E-state index is 0.0289. The van der Waals surface area contributed by atoms with Crippen molar-refractivity contribution in [3.05, 3.63) is 30.1 Å². The number of carbonyl (C=O) groups excluding carboxylic acids is 2. The van der Waals surface area contributed by atoms with E-state index in [0.29, 0.717) is 18.9 Å². The predicted molar refractivity (Wildman–Crippen MR) is 101 cm³/mol. The van der Waals surface area contributed by atoms with Gasteiger partial charge in [0.15, 0.2) is 0 Å². The molecular formula is C20H30N4O2. The van der Waals surface area contributed by atoms with Crippen LogP contribution in [-0.2, 0) is 16.0 Å². The topological polar surface area (TPSA) is 65.5 Å². The molecule has 1 aromatic heterocycles. The predicted octanol–water partition coefficient (Wildman–Crippen LogP) is 1.61. The van der Waals surface area contributed by atoms with Crippen LogP contribution in [0.4, 0.5) is 0 Å². The zero-order valence-corrected chi connectivity index (χ0v) is 15.5. The molecule has 0 aromatic carbocycles. The molecule has 2 aliphatic rings. The largest absolute Gasteiger partial charge is 0.353 e. The van der Waals surface area contributed by atoms with Crippen LogP contribution in [0.15, 0.2) is 24.5 Å². The number of pyridine rings is 1. The fraction of sp³-hybridized carbons (Fsp3) is 0.650. The van der Waals surface area contributed by atoms with Crippen molar-refractivity contribution < 1.29 is 9.59 Å². The minimum atomic E-state index is 0.0289. The standard InChI is InChI=1S/C20H30N4O2/c25-19(22-18-3-1-2-4-18)5-6-20(26)24-15-13-23(14-16-24)12-9-17-7-10-21-11-8-17/h7-8,10-11,18H,1-6,9,12-16H2,(H,22,25). The van der Waals surface area contributed by atoms with Gasteiger partial charge in [0.05, 0.1) is 0 Å². The molecule has 1 aliphatic carbocycles. The van der Waals surface area contributed by atoms with Gasteiger partial charge in [-0.15, -0.1) is 0 Å². The Hall–Kier alpha value is -1.95. The molecule has 1 aliphatic heterocycles. The summed E-state index contributed by atoms with van der Waals surface area (Å²) in [6.07, 6.45) is 9.89. The number of nitrogens with zero attached hydrogens (tertiary/aromatic N) is 3. The summed E-state index contributed by atoms with van der Waals surface area (Å²) in [5, 5.41) is 3.05. The van der Waals surface area contributed by atoms with E-state index in [-0.39, 0.29) is 11.8 Å². The summed E-state index contributed by atoms with van der Waals surface area (Å²) >= 11 is 0. The highest BCUT2D eigenvalue weighted by Gasteiger charge is 2.22. The van der Waals surface area contributed by atoms with Gasteiger partial charge in [-0.3, -0.25) is 19.5 Å². The van der Waals surface area contributed by atoms with Gasteiger partial charge in [-0.05, 0) is 37.0 Å². The maximum atomic E-state index is 12.3. The van der Waals surface area contributed by atoms with Crippen molar-refractivity contribution in [1.29, 1.82) is 0 Å². The number of amides is 2. The second-order valence-corrected chi connectivity index (χ2v) is 7.38. The van der Waals surface area contributed by atoms with Crippen LogP contribution < -0.4 is 5.32 Å². The second kappa shape index (κ2) is 9.67. The van der Waals surface area contributed by atoms with E-state index < -0.39 is 0 Å². The Morgan fingerprint density at radius 1 is 1.04 bits per heavy atom. The molecule has 26 heavy (non-hydrogen) atoms. The molecule has 0 spiro atoms. The molecule has 142 valence electrons. The van der Waals surface area contributed by atoms with Crippen LogP contribution in [0, 0.1) is 0 Å². The van der Waals surface area contributed by atoms with Crippen LogP contribution in [0.1, 0.15) is 44.1 Å². The summed E-state index contributed by atoms with van der Waals surface area (Å²) in [5.74, 6) is 0.140. The van der Waals surface area contributed by atoms with E-state index in [1.807, 2.05) is 17.3 Å². The Morgan fingerprint density at radius 2 is 1.73 bits per heavy atom. The molecule has 2 fully saturated rings. The van der Waals surface area contributed by atoms with Crippen molar-refractivity contribution in [2.45, 2.75) is 51.0 Å². The molecule has 0 atom stereocenters. The van der Waals surface area contributed by atoms with E-state index in [2.05, 4.69) is 27.3 Å². The molecule has 2 amide bonds. The van der Waals surface area contributed by atoms with Gasteiger partial charge >= 0.3 is 0 Å². The molecule has 2 heterocycles. The average molecular weight is 358 g/mol. The lowest BCUT2D eigenvalue weighted by Gasteiger charge is -2.34. The van der Waals surface area contributed by atoms with Gasteiger partial charge < -0.3 is 10.2 Å². The summed E-state index contributed by atoms with van der Waals surface area (Å²) in [7, 11) is 0. The number of rotatable bonds is 7. The van der Waals surface area contributed by atoms with Crippen LogP contribution in [0.2, 0.25) is 0 Å². The Bertz CT molecular complexity index is 579. The molecule has 0 bridgehead atoms. The highest BCUT2D eigenvalue weighted by molar-refractivity contribution is 5.84. The van der Waals surface area contributed by atoms with E-state index in [0.717, 1.165) is 52.0 Å². The molecule has 6 nitrogen and oxygen atoms in total. The van der Waals surface area contributed by atoms with Crippen LogP contribution in [-0.4, -0.2) is 65.4 Å². The van der Waals surface area contributed by atoms with Crippen molar-refractivity contribution in [2.75, 3.05) is 32.7 Å². The van der Waals surface area contributed by atoms with Gasteiger partial charge in [0.1, 0.15) is 0 Å². The van der Waals surface area contributed by atoms with Crippen molar-refractivity contribution in [3.8, 4) is 0 Å². The average Bonchev–Trinajstić information content (AvgIpc) is 3.18. The quantitative estimate of drug-likeness (QED) is 0.804. The fourth-order valence-electron chi connectivity index (χ4n) is 3.81. The third kappa shape index (κ3) is 5.80. The van der Waals surface area contributed by atoms with Gasteiger partial charge in [-0.2, -0.15) is 0 Å². The van der Waals surface area contributed by atoms with Crippen LogP contribution in [0.5, 0.6) is 0 Å². The number of aromatic nitrogens is 1. The number of hydrogen-bond donors (Lipinski definition) is 1. The van der Waals surface area contributed by atoms with Crippen LogP contribution in [0.25, 0.3) is 0 Å². The fourth-order valence-corrected chi connectivity index (χ4v) is 3.81. The summed E-state index contributed by atoms with van der Waals surface area (Å²) in [6, 6.07) is 4.44. The first-order chi connectivity index (χ1) is 12.7. The lowest BCUT2D eigenvalue weighted by atomic mass is 10.1. The zero-order chi connectivity index (χ0) is 18.2. The highest BCUT2D eigenvalue weighted by atomic mass is 16.2. The summed E-state index contributed by atoms with van der Waals surface area (Å²) in [6.45, 7) is 4.35. The lowest BCUT2D eigenvalue weighted by Crippen LogP contribution is -2.49. The molecular weight excluding hydrogens is 328 g/mol. The molecule has 3 rings (SSSR count). The molecule has 1 saturated heterocycles. The van der Waals surface area contributed by atoms with Gasteiger partial charge in [-0.1, -0.05) is 12.8 Å². The van der Waals surface area contributed by atoms with Crippen molar-refractivity contribution in [1.82, 2.24) is 20.1 Å². The Labute approximate surface area is 156 Å². The summed E-state index contributed by atoms with van der Waals surface area (Å²) < 4.78 is 0. The number of carbonyl (C=O) groups is 2. The smallest absolute Gasteiger partial charge is 0.223 e. The lowest BCUT2D eigenvalue weighted by molar-refractivity contribution is -0.135. The summed E-state index contributed by atoms with van der Waals surface area (Å²) in [5.41, 5.74) is 1.30. The number of nitrogens with one attached hydrogen (secondary N) is 1. The minimum Gasteiger partial charge on any atom is -0.353 e. The van der Waals surface area contributed by atoms with Gasteiger partial charge in [0, 0.05) is 64.0 Å². The van der Waals surface area contributed by atoms with Crippen molar-refractivity contribution >= 4 is 11.8 Å². The molecule has 0 radical (unpaired) electrons. The first-order valence-corrected chi connectivity index (χ1v) is 9.89. The first kappa shape index (κ1) is 18.8. The van der Waals surface area contributed by atoms with Gasteiger partial charge in [-0.25, -0.2) is 0 Å². The van der Waals surface area contributed by atoms with Crippen molar-refractivity contribution in [2.24, 2.45) is 0 Å². The maximum Gasteiger partial charge on any atom is 0.223 e. The molecule has 1 saturated carbocycles. The number of piperazine rings is 1. The monoisotopic (exact) mass is 358 g/mol. The van der Waals surface area contributed by atoms with E-state index in [4.69, 9.17) is 0 Å². The van der Waals surface area contributed by atoms with E-state index >= 15 is 0 Å². The van der Waals surface area contributed by atoms with Crippen LogP contribution >= 0.6 is 0 Å². The Morgan fingerprint density at radius 3 is 2.42 bits per heavy atom. The summed E-state index contributed by atoms with van der Waals surface area (Å²) in [4.78, 5) is 32.7. The van der Waals surface area contributed by atoms with Crippen molar-refractivity contribution in [3.63, 3.8) is 0 Å². The van der Waals surface area contributed by atoms with Crippen LogP contribution in [0.3, 0.4) is 0 Å². The highest BCUT2D eigenvalue weighted by Crippen LogP contribution is 2.17. The van der Waals surface area contributed by atoms with Gasteiger partial charge in [0.25, 0.3) is 0 Å². The first-order valence-electron chi connectivity index (χ1n) is 9.89. The molecule has 1 N–H and O–H groups in total. The number of hydrogen-bond acceptors (Lipinski definition) is 4. The molecule has 1 aromatic rings. The molecule has 0 unspecified atom stereocenters. The van der Waals surface area contributed by atoms with E-state index in [9.17, 15) is 9.59 Å². The van der Waals surface area contributed by atoms with Gasteiger partial charge in [0.2, 0.25) is 11.8 Å². The Balaban J connectivity index is 1.31. The van der Waals surface area contributed by atoms with E-state index in [1.54, 1.807) is 0 Å². The second-order valence-electron chi connectivity index (χ2n) is 7.38. The van der Waals surface area contributed by atoms with E-state index in [1.165, 1.54) is 18.4 Å².